The van der Waals surface area contributed by atoms with Crippen molar-refractivity contribution in [2.75, 3.05) is 25.0 Å². The average molecular weight is 249 g/mol. The van der Waals surface area contributed by atoms with Gasteiger partial charge in [-0.3, -0.25) is 4.79 Å². The molecule has 3 N–H and O–H groups in total. The van der Waals surface area contributed by atoms with Crippen molar-refractivity contribution in [1.82, 2.24) is 4.90 Å². The molecule has 0 spiro atoms. The molecular formula is C14H23N3O. The number of anilines is 1. The summed E-state index contributed by atoms with van der Waals surface area (Å²) in [5.74, 6) is 0.0443. The highest BCUT2D eigenvalue weighted by molar-refractivity contribution is 5.91. The molecule has 0 bridgehead atoms. The third-order valence-corrected chi connectivity index (χ3v) is 3.06. The summed E-state index contributed by atoms with van der Waals surface area (Å²) in [4.78, 5) is 14.1. The average Bonchev–Trinajstić information content (AvgIpc) is 2.40. The molecule has 0 unspecified atom stereocenters. The maximum Gasteiger partial charge on any atom is 0.225 e. The third-order valence-electron chi connectivity index (χ3n) is 3.06. The van der Waals surface area contributed by atoms with E-state index in [0.717, 1.165) is 30.9 Å². The van der Waals surface area contributed by atoms with Gasteiger partial charge in [0.25, 0.3) is 0 Å². The van der Waals surface area contributed by atoms with E-state index in [4.69, 9.17) is 5.73 Å². The zero-order chi connectivity index (χ0) is 13.4. The van der Waals surface area contributed by atoms with Crippen LogP contribution in [-0.4, -0.2) is 30.4 Å². The van der Waals surface area contributed by atoms with E-state index in [2.05, 4.69) is 24.1 Å². The summed E-state index contributed by atoms with van der Waals surface area (Å²) >= 11 is 0. The fourth-order valence-corrected chi connectivity index (χ4v) is 1.83. The van der Waals surface area contributed by atoms with E-state index in [1.165, 1.54) is 0 Å². The zero-order valence-electron chi connectivity index (χ0n) is 11.3. The van der Waals surface area contributed by atoms with Gasteiger partial charge >= 0.3 is 0 Å². The van der Waals surface area contributed by atoms with E-state index in [9.17, 15) is 4.79 Å². The van der Waals surface area contributed by atoms with Gasteiger partial charge < -0.3 is 16.0 Å². The lowest BCUT2D eigenvalue weighted by molar-refractivity contribution is -0.116. The van der Waals surface area contributed by atoms with Gasteiger partial charge in [-0.25, -0.2) is 0 Å². The van der Waals surface area contributed by atoms with Crippen LogP contribution in [0.4, 0.5) is 5.69 Å². The Balaban J connectivity index is 2.49. The molecule has 0 saturated heterocycles. The Kier molecular flexibility index (Phi) is 6.39. The Hall–Kier alpha value is -1.39. The first kappa shape index (κ1) is 14.7. The normalized spacial score (nSPS) is 10.7. The molecule has 4 nitrogen and oxygen atoms in total. The zero-order valence-corrected chi connectivity index (χ0v) is 11.3. The summed E-state index contributed by atoms with van der Waals surface area (Å²) < 4.78 is 0. The second kappa shape index (κ2) is 7.84. The highest BCUT2D eigenvalue weighted by Crippen LogP contribution is 2.14. The van der Waals surface area contributed by atoms with Gasteiger partial charge in [-0.2, -0.15) is 0 Å². The van der Waals surface area contributed by atoms with Gasteiger partial charge in [-0.1, -0.05) is 32.0 Å². The molecule has 1 rings (SSSR count). The van der Waals surface area contributed by atoms with Crippen LogP contribution in [-0.2, 0) is 11.3 Å². The Bertz CT molecular complexity index is 375. The van der Waals surface area contributed by atoms with Gasteiger partial charge in [0.15, 0.2) is 0 Å². The molecule has 1 aromatic rings. The largest absolute Gasteiger partial charge is 0.326 e. The van der Waals surface area contributed by atoms with Gasteiger partial charge in [-0.05, 0) is 24.7 Å². The topological polar surface area (TPSA) is 58.4 Å². The monoisotopic (exact) mass is 249 g/mol. The summed E-state index contributed by atoms with van der Waals surface area (Å²) in [7, 11) is 0. The van der Waals surface area contributed by atoms with Crippen molar-refractivity contribution in [2.24, 2.45) is 5.73 Å². The Morgan fingerprint density at radius 2 is 1.94 bits per heavy atom. The number of para-hydroxylation sites is 1. The maximum atomic E-state index is 11.8. The molecule has 0 atom stereocenters. The van der Waals surface area contributed by atoms with Crippen LogP contribution in [0.25, 0.3) is 0 Å². The molecule has 0 heterocycles. The lowest BCUT2D eigenvalue weighted by Gasteiger charge is -2.17. The summed E-state index contributed by atoms with van der Waals surface area (Å²) in [6, 6.07) is 7.64. The molecule has 1 amide bonds. The van der Waals surface area contributed by atoms with E-state index in [1.54, 1.807) is 0 Å². The Labute approximate surface area is 109 Å². The highest BCUT2D eigenvalue weighted by Gasteiger charge is 2.07. The summed E-state index contributed by atoms with van der Waals surface area (Å²) in [5, 5.41) is 2.92. The standard InChI is InChI=1S/C14H23N3O/c1-3-17(4-2)10-9-14(18)16-13-8-6-5-7-12(13)11-15/h5-8H,3-4,9-11,15H2,1-2H3,(H,16,18). The second-order valence-corrected chi connectivity index (χ2v) is 4.19. The van der Waals surface area contributed by atoms with Gasteiger partial charge in [0.05, 0.1) is 0 Å². The van der Waals surface area contributed by atoms with Crippen LogP contribution in [0, 0.1) is 0 Å². The van der Waals surface area contributed by atoms with Gasteiger partial charge in [0.1, 0.15) is 0 Å². The number of amides is 1. The fourth-order valence-electron chi connectivity index (χ4n) is 1.83. The van der Waals surface area contributed by atoms with Crippen LogP contribution in [0.1, 0.15) is 25.8 Å². The lowest BCUT2D eigenvalue weighted by Crippen LogP contribution is -2.27. The molecule has 18 heavy (non-hydrogen) atoms. The van der Waals surface area contributed by atoms with Gasteiger partial charge in [0.2, 0.25) is 5.91 Å². The molecule has 0 radical (unpaired) electrons. The predicted molar refractivity (Wildman–Crippen MR) is 75.4 cm³/mol. The molecule has 100 valence electrons. The Morgan fingerprint density at radius 1 is 1.28 bits per heavy atom. The lowest BCUT2D eigenvalue weighted by atomic mass is 10.1. The first-order valence-corrected chi connectivity index (χ1v) is 6.51. The summed E-state index contributed by atoms with van der Waals surface area (Å²) in [6.07, 6.45) is 0.514. The molecule has 0 fully saturated rings. The van der Waals surface area contributed by atoms with Crippen molar-refractivity contribution in [3.63, 3.8) is 0 Å². The molecule has 1 aromatic carbocycles. The molecule has 0 aliphatic heterocycles. The Morgan fingerprint density at radius 3 is 2.56 bits per heavy atom. The van der Waals surface area contributed by atoms with Crippen molar-refractivity contribution in [1.29, 1.82) is 0 Å². The van der Waals surface area contributed by atoms with E-state index in [-0.39, 0.29) is 5.91 Å². The first-order valence-electron chi connectivity index (χ1n) is 6.51. The minimum Gasteiger partial charge on any atom is -0.326 e. The van der Waals surface area contributed by atoms with Crippen LogP contribution in [0.15, 0.2) is 24.3 Å². The fraction of sp³-hybridized carbons (Fsp3) is 0.500. The molecule has 0 saturated carbocycles. The van der Waals surface area contributed by atoms with Crippen molar-refractivity contribution in [3.05, 3.63) is 29.8 Å². The minimum atomic E-state index is 0.0443. The van der Waals surface area contributed by atoms with Crippen LogP contribution < -0.4 is 11.1 Å². The number of rotatable bonds is 7. The number of hydrogen-bond acceptors (Lipinski definition) is 3. The first-order chi connectivity index (χ1) is 8.71. The predicted octanol–water partition coefficient (Wildman–Crippen LogP) is 1.82. The van der Waals surface area contributed by atoms with Crippen LogP contribution >= 0.6 is 0 Å². The smallest absolute Gasteiger partial charge is 0.225 e. The summed E-state index contributed by atoms with van der Waals surface area (Å²) in [5.41, 5.74) is 7.42. The van der Waals surface area contributed by atoms with E-state index < -0.39 is 0 Å². The highest BCUT2D eigenvalue weighted by atomic mass is 16.1. The van der Waals surface area contributed by atoms with Crippen molar-refractivity contribution >= 4 is 11.6 Å². The van der Waals surface area contributed by atoms with Crippen molar-refractivity contribution < 1.29 is 4.79 Å². The second-order valence-electron chi connectivity index (χ2n) is 4.19. The number of nitrogens with two attached hydrogens (primary N) is 1. The van der Waals surface area contributed by atoms with E-state index in [0.29, 0.717) is 13.0 Å². The summed E-state index contributed by atoms with van der Waals surface area (Å²) in [6.45, 7) is 7.39. The molecular weight excluding hydrogens is 226 g/mol. The van der Waals surface area contributed by atoms with Crippen molar-refractivity contribution in [3.8, 4) is 0 Å². The van der Waals surface area contributed by atoms with E-state index >= 15 is 0 Å². The number of nitrogens with zero attached hydrogens (tertiary/aromatic N) is 1. The quantitative estimate of drug-likeness (QED) is 0.775. The number of hydrogen-bond donors (Lipinski definition) is 2. The van der Waals surface area contributed by atoms with E-state index in [1.807, 2.05) is 24.3 Å². The van der Waals surface area contributed by atoms with Crippen LogP contribution in [0.3, 0.4) is 0 Å². The SMILES string of the molecule is CCN(CC)CCC(=O)Nc1ccccc1CN. The number of carbonyl (C=O) groups is 1. The number of nitrogens with one attached hydrogen (secondary N) is 1. The molecule has 0 aliphatic carbocycles. The molecule has 0 aliphatic rings. The maximum absolute atomic E-state index is 11.8. The van der Waals surface area contributed by atoms with Gasteiger partial charge in [-0.15, -0.1) is 0 Å². The van der Waals surface area contributed by atoms with Crippen LogP contribution in [0.5, 0.6) is 0 Å². The number of carbonyl (C=O) groups excluding carboxylic acids is 1. The van der Waals surface area contributed by atoms with Crippen LogP contribution in [0.2, 0.25) is 0 Å². The van der Waals surface area contributed by atoms with Gasteiger partial charge in [0, 0.05) is 25.2 Å². The third kappa shape index (κ3) is 4.47. The number of benzene rings is 1. The molecule has 0 aromatic heterocycles. The minimum absolute atomic E-state index is 0.0443. The van der Waals surface area contributed by atoms with Crippen molar-refractivity contribution in [2.45, 2.75) is 26.8 Å². The molecule has 4 heteroatoms.